The van der Waals surface area contributed by atoms with Gasteiger partial charge in [0.15, 0.2) is 0 Å². The van der Waals surface area contributed by atoms with Crippen LogP contribution < -0.4 is 5.32 Å². The van der Waals surface area contributed by atoms with E-state index < -0.39 is 0 Å². The SMILES string of the molecule is CC(C)NCc1cnn(Cc2cccc(F)c2)c1. The van der Waals surface area contributed by atoms with Gasteiger partial charge in [-0.25, -0.2) is 4.39 Å². The molecule has 1 N–H and O–H groups in total. The van der Waals surface area contributed by atoms with Gasteiger partial charge in [-0.1, -0.05) is 26.0 Å². The van der Waals surface area contributed by atoms with E-state index in [1.165, 1.54) is 12.1 Å². The molecule has 96 valence electrons. The molecule has 0 aliphatic heterocycles. The number of nitrogens with one attached hydrogen (secondary N) is 1. The van der Waals surface area contributed by atoms with Crippen LogP contribution in [-0.4, -0.2) is 15.8 Å². The predicted octanol–water partition coefficient (Wildman–Crippen LogP) is 2.57. The second-order valence-corrected chi connectivity index (χ2v) is 4.71. The maximum absolute atomic E-state index is 13.0. The fraction of sp³-hybridized carbons (Fsp3) is 0.357. The van der Waals surface area contributed by atoms with Crippen LogP contribution in [0.1, 0.15) is 25.0 Å². The third-order valence-electron chi connectivity index (χ3n) is 2.63. The summed E-state index contributed by atoms with van der Waals surface area (Å²) in [7, 11) is 0. The van der Waals surface area contributed by atoms with Gasteiger partial charge in [-0.15, -0.1) is 0 Å². The minimum absolute atomic E-state index is 0.207. The molecule has 0 aliphatic rings. The van der Waals surface area contributed by atoms with Gasteiger partial charge in [0.2, 0.25) is 0 Å². The van der Waals surface area contributed by atoms with Gasteiger partial charge in [-0.05, 0) is 17.7 Å². The average molecular weight is 247 g/mol. The first-order valence-corrected chi connectivity index (χ1v) is 6.12. The van der Waals surface area contributed by atoms with Crippen LogP contribution in [0.4, 0.5) is 4.39 Å². The molecule has 0 amide bonds. The van der Waals surface area contributed by atoms with Gasteiger partial charge in [0.25, 0.3) is 0 Å². The first-order valence-electron chi connectivity index (χ1n) is 6.12. The van der Waals surface area contributed by atoms with Crippen LogP contribution in [-0.2, 0) is 13.1 Å². The predicted molar refractivity (Wildman–Crippen MR) is 69.7 cm³/mol. The number of benzene rings is 1. The summed E-state index contributed by atoms with van der Waals surface area (Å²) in [6.07, 6.45) is 3.83. The second-order valence-electron chi connectivity index (χ2n) is 4.71. The van der Waals surface area contributed by atoms with E-state index in [1.807, 2.05) is 23.1 Å². The maximum Gasteiger partial charge on any atom is 0.123 e. The van der Waals surface area contributed by atoms with E-state index in [0.717, 1.165) is 17.7 Å². The van der Waals surface area contributed by atoms with Crippen molar-refractivity contribution < 1.29 is 4.39 Å². The highest BCUT2D eigenvalue weighted by Crippen LogP contribution is 2.06. The Morgan fingerprint density at radius 3 is 2.89 bits per heavy atom. The molecule has 2 rings (SSSR count). The van der Waals surface area contributed by atoms with Gasteiger partial charge < -0.3 is 5.32 Å². The maximum atomic E-state index is 13.0. The van der Waals surface area contributed by atoms with E-state index >= 15 is 0 Å². The number of halogens is 1. The van der Waals surface area contributed by atoms with Crippen LogP contribution in [0.25, 0.3) is 0 Å². The molecule has 0 radical (unpaired) electrons. The van der Waals surface area contributed by atoms with E-state index in [1.54, 1.807) is 6.07 Å². The number of nitrogens with zero attached hydrogens (tertiary/aromatic N) is 2. The standard InChI is InChI=1S/C14H18FN3/c1-11(2)16-7-13-8-17-18(10-13)9-12-4-3-5-14(15)6-12/h3-6,8,10-11,16H,7,9H2,1-2H3. The first-order chi connectivity index (χ1) is 8.63. The fourth-order valence-electron chi connectivity index (χ4n) is 1.73. The summed E-state index contributed by atoms with van der Waals surface area (Å²) in [4.78, 5) is 0. The van der Waals surface area contributed by atoms with E-state index in [9.17, 15) is 4.39 Å². The molecule has 0 atom stereocenters. The molecule has 1 heterocycles. The lowest BCUT2D eigenvalue weighted by Gasteiger charge is -2.05. The Kier molecular flexibility index (Phi) is 4.10. The summed E-state index contributed by atoms with van der Waals surface area (Å²) in [6, 6.07) is 7.06. The summed E-state index contributed by atoms with van der Waals surface area (Å²) in [5, 5.41) is 7.61. The van der Waals surface area contributed by atoms with Crippen molar-refractivity contribution in [3.05, 3.63) is 53.6 Å². The van der Waals surface area contributed by atoms with Gasteiger partial charge in [-0.2, -0.15) is 5.10 Å². The van der Waals surface area contributed by atoms with E-state index in [0.29, 0.717) is 12.6 Å². The van der Waals surface area contributed by atoms with Gasteiger partial charge in [0.05, 0.1) is 12.7 Å². The van der Waals surface area contributed by atoms with Crippen molar-refractivity contribution in [3.8, 4) is 0 Å². The lowest BCUT2D eigenvalue weighted by Crippen LogP contribution is -2.21. The van der Waals surface area contributed by atoms with Crippen molar-refractivity contribution in [1.82, 2.24) is 15.1 Å². The number of rotatable bonds is 5. The second kappa shape index (κ2) is 5.78. The normalized spacial score (nSPS) is 11.1. The van der Waals surface area contributed by atoms with Crippen molar-refractivity contribution in [3.63, 3.8) is 0 Å². The van der Waals surface area contributed by atoms with Crippen LogP contribution >= 0.6 is 0 Å². The van der Waals surface area contributed by atoms with Crippen LogP contribution in [0.3, 0.4) is 0 Å². The molecule has 0 fully saturated rings. The molecule has 2 aromatic rings. The molecule has 0 saturated carbocycles. The van der Waals surface area contributed by atoms with Crippen molar-refractivity contribution in [2.24, 2.45) is 0 Å². The Morgan fingerprint density at radius 1 is 1.33 bits per heavy atom. The molecule has 4 heteroatoms. The highest BCUT2D eigenvalue weighted by molar-refractivity contribution is 5.17. The van der Waals surface area contributed by atoms with E-state index in [4.69, 9.17) is 0 Å². The van der Waals surface area contributed by atoms with Crippen LogP contribution in [0, 0.1) is 5.82 Å². The van der Waals surface area contributed by atoms with Gasteiger partial charge in [0, 0.05) is 24.3 Å². The Bertz CT molecular complexity index is 505. The monoisotopic (exact) mass is 247 g/mol. The van der Waals surface area contributed by atoms with Crippen molar-refractivity contribution >= 4 is 0 Å². The Balaban J connectivity index is 1.98. The molecule has 18 heavy (non-hydrogen) atoms. The first kappa shape index (κ1) is 12.8. The molecular weight excluding hydrogens is 229 g/mol. The molecular formula is C14H18FN3. The summed E-state index contributed by atoms with van der Waals surface area (Å²) in [6.45, 7) is 5.62. The summed E-state index contributed by atoms with van der Waals surface area (Å²) >= 11 is 0. The molecule has 0 unspecified atom stereocenters. The third kappa shape index (κ3) is 3.67. The number of hydrogen-bond donors (Lipinski definition) is 1. The van der Waals surface area contributed by atoms with Crippen LogP contribution in [0.15, 0.2) is 36.7 Å². The molecule has 3 nitrogen and oxygen atoms in total. The lowest BCUT2D eigenvalue weighted by molar-refractivity contribution is 0.588. The molecule has 1 aromatic heterocycles. The minimum Gasteiger partial charge on any atom is -0.310 e. The Morgan fingerprint density at radius 2 is 2.17 bits per heavy atom. The van der Waals surface area contributed by atoms with E-state index in [2.05, 4.69) is 24.3 Å². The van der Waals surface area contributed by atoms with Crippen molar-refractivity contribution in [2.75, 3.05) is 0 Å². The number of hydrogen-bond acceptors (Lipinski definition) is 2. The highest BCUT2D eigenvalue weighted by Gasteiger charge is 2.01. The molecule has 0 spiro atoms. The van der Waals surface area contributed by atoms with Crippen LogP contribution in [0.2, 0.25) is 0 Å². The molecule has 0 aliphatic carbocycles. The smallest absolute Gasteiger partial charge is 0.123 e. The summed E-state index contributed by atoms with van der Waals surface area (Å²) in [5.74, 6) is -0.207. The zero-order valence-electron chi connectivity index (χ0n) is 10.7. The third-order valence-corrected chi connectivity index (χ3v) is 2.63. The van der Waals surface area contributed by atoms with E-state index in [-0.39, 0.29) is 5.82 Å². The van der Waals surface area contributed by atoms with Gasteiger partial charge >= 0.3 is 0 Å². The highest BCUT2D eigenvalue weighted by atomic mass is 19.1. The zero-order chi connectivity index (χ0) is 13.0. The van der Waals surface area contributed by atoms with Crippen LogP contribution in [0.5, 0.6) is 0 Å². The lowest BCUT2D eigenvalue weighted by atomic mass is 10.2. The fourth-order valence-corrected chi connectivity index (χ4v) is 1.73. The zero-order valence-corrected chi connectivity index (χ0v) is 10.7. The number of aromatic nitrogens is 2. The van der Waals surface area contributed by atoms with Crippen molar-refractivity contribution in [1.29, 1.82) is 0 Å². The minimum atomic E-state index is -0.207. The summed E-state index contributed by atoms with van der Waals surface area (Å²) < 4.78 is 14.9. The molecule has 0 bridgehead atoms. The molecule has 0 saturated heterocycles. The Labute approximate surface area is 107 Å². The topological polar surface area (TPSA) is 29.9 Å². The van der Waals surface area contributed by atoms with Crippen molar-refractivity contribution in [2.45, 2.75) is 33.0 Å². The Hall–Kier alpha value is -1.68. The van der Waals surface area contributed by atoms with Gasteiger partial charge in [-0.3, -0.25) is 4.68 Å². The average Bonchev–Trinajstić information content (AvgIpc) is 2.74. The molecule has 1 aromatic carbocycles. The summed E-state index contributed by atoms with van der Waals surface area (Å²) in [5.41, 5.74) is 2.06. The quantitative estimate of drug-likeness (QED) is 0.880. The van der Waals surface area contributed by atoms with Gasteiger partial charge in [0.1, 0.15) is 5.82 Å². The largest absolute Gasteiger partial charge is 0.310 e.